The molecule has 0 saturated heterocycles. The van der Waals surface area contributed by atoms with Crippen molar-refractivity contribution in [2.75, 3.05) is 47.5 Å². The van der Waals surface area contributed by atoms with E-state index in [1.54, 1.807) is 0 Å². The number of carbonyl (C=O) groups excluding carboxylic acids is 2. The zero-order valence-corrected chi connectivity index (χ0v) is 32.6. The van der Waals surface area contributed by atoms with Crippen LogP contribution in [0.5, 0.6) is 0 Å². The number of phosphoric ester groups is 1. The monoisotopic (exact) mass is 705 g/mol. The largest absolute Gasteiger partial charge is 0.472 e. The van der Waals surface area contributed by atoms with Crippen molar-refractivity contribution < 1.29 is 42.1 Å². The van der Waals surface area contributed by atoms with Gasteiger partial charge in [-0.2, -0.15) is 0 Å². The number of hydrogen-bond donors (Lipinski definition) is 1. The number of esters is 2. The zero-order chi connectivity index (χ0) is 35.8. The van der Waals surface area contributed by atoms with Gasteiger partial charge in [-0.3, -0.25) is 18.6 Å². The van der Waals surface area contributed by atoms with Crippen molar-refractivity contribution in [3.63, 3.8) is 0 Å². The van der Waals surface area contributed by atoms with E-state index >= 15 is 0 Å². The molecule has 0 spiro atoms. The normalized spacial score (nSPS) is 13.9. The van der Waals surface area contributed by atoms with Gasteiger partial charge in [-0.15, -0.1) is 0 Å². The van der Waals surface area contributed by atoms with Crippen LogP contribution in [0, 0.1) is 0 Å². The van der Waals surface area contributed by atoms with Crippen LogP contribution in [0.1, 0.15) is 168 Å². The van der Waals surface area contributed by atoms with Crippen LogP contribution in [0.4, 0.5) is 0 Å². The summed E-state index contributed by atoms with van der Waals surface area (Å²) in [6.45, 7) is 4.34. The summed E-state index contributed by atoms with van der Waals surface area (Å²) in [7, 11) is 1.48. The summed E-state index contributed by atoms with van der Waals surface area (Å²) in [6, 6.07) is 0. The average molecular weight is 705 g/mol. The van der Waals surface area contributed by atoms with E-state index in [9.17, 15) is 19.0 Å². The molecule has 0 rings (SSSR count). The molecule has 48 heavy (non-hydrogen) atoms. The van der Waals surface area contributed by atoms with Crippen LogP contribution in [0.15, 0.2) is 12.2 Å². The van der Waals surface area contributed by atoms with E-state index in [-0.39, 0.29) is 25.6 Å². The molecular formula is C38H75NO8P+. The lowest BCUT2D eigenvalue weighted by atomic mass is 10.0. The molecule has 0 saturated carbocycles. The first-order valence-corrected chi connectivity index (χ1v) is 20.9. The molecule has 2 atom stereocenters. The third kappa shape index (κ3) is 34.6. The van der Waals surface area contributed by atoms with E-state index < -0.39 is 26.5 Å². The standard InChI is InChI=1S/C38H74NO8P/c1-6-8-10-12-14-16-18-19-20-21-23-24-26-28-30-37(40)44-34-36(35-46-48(42,43)45-33-32-39(3,4)5)47-38(41)31-29-27-25-22-17-15-13-11-9-7-2/h11,13,36H,6-10,12,14-35H2,1-5H3/p+1/b13-11-. The fraction of sp³-hybridized carbons (Fsp3) is 0.895. The molecule has 0 aliphatic heterocycles. The van der Waals surface area contributed by atoms with Gasteiger partial charge in [0, 0.05) is 12.8 Å². The Kier molecular flexibility index (Phi) is 30.9. The Hall–Kier alpha value is -1.25. The van der Waals surface area contributed by atoms with E-state index in [0.29, 0.717) is 23.9 Å². The van der Waals surface area contributed by atoms with Crippen molar-refractivity contribution >= 4 is 19.8 Å². The van der Waals surface area contributed by atoms with Crippen LogP contribution in [0.2, 0.25) is 0 Å². The molecule has 1 N–H and O–H groups in total. The quantitative estimate of drug-likeness (QED) is 0.0228. The van der Waals surface area contributed by atoms with Crippen molar-refractivity contribution in [2.24, 2.45) is 0 Å². The zero-order valence-electron chi connectivity index (χ0n) is 31.7. The molecule has 0 aromatic rings. The van der Waals surface area contributed by atoms with E-state index in [1.807, 2.05) is 21.1 Å². The van der Waals surface area contributed by atoms with Crippen LogP contribution >= 0.6 is 7.82 Å². The smallest absolute Gasteiger partial charge is 0.462 e. The summed E-state index contributed by atoms with van der Waals surface area (Å²) in [5.74, 6) is -0.807. The number of rotatable bonds is 35. The highest BCUT2D eigenvalue weighted by Gasteiger charge is 2.27. The van der Waals surface area contributed by atoms with E-state index in [0.717, 1.165) is 57.8 Å². The van der Waals surface area contributed by atoms with Gasteiger partial charge in [-0.25, -0.2) is 4.57 Å². The molecule has 0 radical (unpaired) electrons. The molecule has 0 aromatic carbocycles. The third-order valence-electron chi connectivity index (χ3n) is 8.28. The Labute approximate surface area is 295 Å². The van der Waals surface area contributed by atoms with Crippen molar-refractivity contribution in [1.29, 1.82) is 0 Å². The van der Waals surface area contributed by atoms with Gasteiger partial charge < -0.3 is 18.9 Å². The number of unbranched alkanes of at least 4 members (excludes halogenated alkanes) is 19. The molecule has 0 aliphatic carbocycles. The minimum Gasteiger partial charge on any atom is -0.462 e. The lowest BCUT2D eigenvalue weighted by Crippen LogP contribution is -2.37. The molecule has 2 unspecified atom stereocenters. The van der Waals surface area contributed by atoms with Gasteiger partial charge in [-0.05, 0) is 32.1 Å². The van der Waals surface area contributed by atoms with Crippen molar-refractivity contribution in [3.8, 4) is 0 Å². The summed E-state index contributed by atoms with van der Waals surface area (Å²) in [4.78, 5) is 35.1. The molecule has 9 nitrogen and oxygen atoms in total. The molecule has 0 aromatic heterocycles. The van der Waals surface area contributed by atoms with Crippen molar-refractivity contribution in [2.45, 2.75) is 174 Å². The van der Waals surface area contributed by atoms with Gasteiger partial charge in [0.2, 0.25) is 0 Å². The van der Waals surface area contributed by atoms with Crippen molar-refractivity contribution in [1.82, 2.24) is 0 Å². The van der Waals surface area contributed by atoms with E-state index in [1.165, 1.54) is 77.0 Å². The summed E-state index contributed by atoms with van der Waals surface area (Å²) in [5, 5.41) is 0. The molecule has 284 valence electrons. The predicted molar refractivity (Wildman–Crippen MR) is 197 cm³/mol. The highest BCUT2D eigenvalue weighted by atomic mass is 31.2. The number of ether oxygens (including phenoxy) is 2. The van der Waals surface area contributed by atoms with Gasteiger partial charge in [-0.1, -0.05) is 135 Å². The number of nitrogens with zero attached hydrogens (tertiary/aromatic N) is 1. The maximum Gasteiger partial charge on any atom is 0.472 e. The minimum absolute atomic E-state index is 0.0327. The number of likely N-dealkylation sites (N-methyl/N-ethyl adjacent to an activating group) is 1. The number of phosphoric acid groups is 1. The first kappa shape index (κ1) is 46.8. The topological polar surface area (TPSA) is 108 Å². The van der Waals surface area contributed by atoms with Gasteiger partial charge in [0.1, 0.15) is 19.8 Å². The Morgan fingerprint density at radius 3 is 1.62 bits per heavy atom. The van der Waals surface area contributed by atoms with Crippen LogP contribution in [-0.4, -0.2) is 74.9 Å². The third-order valence-corrected chi connectivity index (χ3v) is 9.26. The van der Waals surface area contributed by atoms with Crippen LogP contribution in [0.3, 0.4) is 0 Å². The fourth-order valence-electron chi connectivity index (χ4n) is 5.19. The molecule has 0 fully saturated rings. The maximum atomic E-state index is 12.6. The Morgan fingerprint density at radius 2 is 1.10 bits per heavy atom. The molecule has 0 heterocycles. The summed E-state index contributed by atoms with van der Waals surface area (Å²) < 4.78 is 34.1. The van der Waals surface area contributed by atoms with E-state index in [2.05, 4.69) is 26.0 Å². The second-order valence-corrected chi connectivity index (χ2v) is 15.8. The highest BCUT2D eigenvalue weighted by Crippen LogP contribution is 2.43. The summed E-state index contributed by atoms with van der Waals surface area (Å²) in [5.41, 5.74) is 0. The Morgan fingerprint density at radius 1 is 0.625 bits per heavy atom. The average Bonchev–Trinajstić information content (AvgIpc) is 3.02. The predicted octanol–water partition coefficient (Wildman–Crippen LogP) is 10.2. The molecular weight excluding hydrogens is 629 g/mol. The number of hydrogen-bond acceptors (Lipinski definition) is 7. The summed E-state index contributed by atoms with van der Waals surface area (Å²) in [6.07, 6.45) is 29.7. The number of allylic oxidation sites excluding steroid dienone is 2. The van der Waals surface area contributed by atoms with Crippen molar-refractivity contribution in [3.05, 3.63) is 12.2 Å². The van der Waals surface area contributed by atoms with Gasteiger partial charge in [0.05, 0.1) is 27.7 Å². The second kappa shape index (κ2) is 31.7. The summed E-state index contributed by atoms with van der Waals surface area (Å²) >= 11 is 0. The lowest BCUT2D eigenvalue weighted by molar-refractivity contribution is -0.870. The Bertz CT molecular complexity index is 845. The van der Waals surface area contributed by atoms with Crippen LogP contribution in [-0.2, 0) is 32.7 Å². The molecule has 0 bridgehead atoms. The molecule has 0 aliphatic rings. The van der Waals surface area contributed by atoms with E-state index in [4.69, 9.17) is 18.5 Å². The number of quaternary nitrogens is 1. The Balaban J connectivity index is 4.39. The molecule has 10 heteroatoms. The SMILES string of the molecule is CCC/C=C\CCCCCCCC(=O)OC(COC(=O)CCCCCCCCCCCCCCCC)COP(=O)(O)OCC[N+](C)(C)C. The van der Waals surface area contributed by atoms with Gasteiger partial charge in [0.25, 0.3) is 0 Å². The first-order chi connectivity index (χ1) is 23.0. The molecule has 0 amide bonds. The highest BCUT2D eigenvalue weighted by molar-refractivity contribution is 7.47. The lowest BCUT2D eigenvalue weighted by Gasteiger charge is -2.24. The maximum absolute atomic E-state index is 12.6. The van der Waals surface area contributed by atoms with Gasteiger partial charge in [0.15, 0.2) is 6.10 Å². The van der Waals surface area contributed by atoms with Gasteiger partial charge >= 0.3 is 19.8 Å². The second-order valence-electron chi connectivity index (χ2n) is 14.3. The number of carbonyl (C=O) groups is 2. The fourth-order valence-corrected chi connectivity index (χ4v) is 5.93. The first-order valence-electron chi connectivity index (χ1n) is 19.4. The van der Waals surface area contributed by atoms with Crippen LogP contribution in [0.25, 0.3) is 0 Å². The minimum atomic E-state index is -4.36. The van der Waals surface area contributed by atoms with Crippen LogP contribution < -0.4 is 0 Å².